The number of carbonyl (C=O) groups is 1. The molecule has 4 aromatic rings. The van der Waals surface area contributed by atoms with Crippen molar-refractivity contribution in [3.05, 3.63) is 118 Å². The molecular formula is C34H35N5O2S2. The van der Waals surface area contributed by atoms with Crippen LogP contribution >= 0.6 is 24.0 Å². The fraction of sp³-hybridized carbons (Fsp3) is 0.265. The number of fused-ring (bicyclic) bond motifs is 4. The molecule has 6 rings (SSSR count). The van der Waals surface area contributed by atoms with Gasteiger partial charge in [0.2, 0.25) is 0 Å². The molecular weight excluding hydrogens is 575 g/mol. The summed E-state index contributed by atoms with van der Waals surface area (Å²) in [4.78, 5) is 31.4. The van der Waals surface area contributed by atoms with Crippen LogP contribution in [0.3, 0.4) is 0 Å². The monoisotopic (exact) mass is 609 g/mol. The number of carbonyl (C=O) groups excluding carboxylic acids is 1. The molecule has 1 saturated heterocycles. The molecule has 2 aliphatic rings. The summed E-state index contributed by atoms with van der Waals surface area (Å²) in [7, 11) is 1.83. The highest BCUT2D eigenvalue weighted by atomic mass is 32.2. The number of thioether (sulfide) groups is 1. The van der Waals surface area contributed by atoms with Gasteiger partial charge >= 0.3 is 0 Å². The second kappa shape index (κ2) is 12.7. The first-order valence-electron chi connectivity index (χ1n) is 14.5. The normalized spacial score (nSPS) is 17.1. The lowest BCUT2D eigenvalue weighted by molar-refractivity contribution is 0.0785. The maximum atomic E-state index is 13.6. The maximum absolute atomic E-state index is 13.6. The average Bonchev–Trinajstić information content (AvgIpc) is 3.01. The van der Waals surface area contributed by atoms with Gasteiger partial charge in [0.05, 0.1) is 11.4 Å². The molecule has 1 fully saturated rings. The van der Waals surface area contributed by atoms with Crippen LogP contribution in [0.25, 0.3) is 0 Å². The van der Waals surface area contributed by atoms with Crippen LogP contribution in [0, 0.1) is 5.92 Å². The third-order valence-electron chi connectivity index (χ3n) is 8.25. The molecule has 2 aliphatic heterocycles. The summed E-state index contributed by atoms with van der Waals surface area (Å²) < 4.78 is 1.95. The van der Waals surface area contributed by atoms with E-state index in [4.69, 9.17) is 12.2 Å². The number of amides is 1. The van der Waals surface area contributed by atoms with E-state index in [0.29, 0.717) is 23.1 Å². The Morgan fingerprint density at radius 3 is 2.58 bits per heavy atom. The van der Waals surface area contributed by atoms with Crippen LogP contribution in [-0.2, 0) is 13.1 Å². The number of thiocarbonyl (C=S) groups is 1. The van der Waals surface area contributed by atoms with E-state index in [1.807, 2.05) is 84.6 Å². The highest BCUT2D eigenvalue weighted by Crippen LogP contribution is 2.39. The number of aromatic nitrogens is 1. The minimum atomic E-state index is -0.0613. The van der Waals surface area contributed by atoms with E-state index in [1.165, 1.54) is 0 Å². The summed E-state index contributed by atoms with van der Waals surface area (Å²) >= 11 is 7.45. The lowest BCUT2D eigenvalue weighted by atomic mass is 9.83. The molecule has 0 radical (unpaired) electrons. The van der Waals surface area contributed by atoms with Crippen molar-refractivity contribution in [2.75, 3.05) is 41.9 Å². The van der Waals surface area contributed by atoms with Crippen molar-refractivity contribution in [1.82, 2.24) is 9.47 Å². The fourth-order valence-corrected chi connectivity index (χ4v) is 6.96. The minimum absolute atomic E-state index is 0.0613. The number of benzene rings is 3. The molecule has 0 spiro atoms. The third kappa shape index (κ3) is 6.48. The van der Waals surface area contributed by atoms with E-state index >= 15 is 0 Å². The number of rotatable bonds is 7. The molecule has 0 unspecified atom stereocenters. The van der Waals surface area contributed by atoms with E-state index in [2.05, 4.69) is 33.7 Å². The van der Waals surface area contributed by atoms with Gasteiger partial charge in [-0.05, 0) is 78.8 Å². The van der Waals surface area contributed by atoms with E-state index in [9.17, 15) is 9.59 Å². The van der Waals surface area contributed by atoms with Crippen molar-refractivity contribution < 1.29 is 4.79 Å². The molecule has 1 amide bonds. The van der Waals surface area contributed by atoms with Crippen LogP contribution in [0.15, 0.2) is 101 Å². The zero-order valence-corrected chi connectivity index (χ0v) is 26.0. The lowest BCUT2D eigenvalue weighted by Crippen LogP contribution is -2.47. The Balaban J connectivity index is 1.29. The van der Waals surface area contributed by atoms with Gasteiger partial charge in [-0.15, -0.1) is 11.8 Å². The standard InChI is InChI=1S/C34H35N5O2S2/c1-37(19-23-8-4-3-5-9-23)33(41)25-14-15-31(29(17-25)36-34(42)35-27-10-6-11-28(18-27)43-2)38-20-24-16-26(22-38)30-12-7-13-32(40)39(30)21-24/h3-15,17-18,24,26H,16,19-22H2,1-2H3,(H2,35,36,42)/t24-,26+/m1/s1. The van der Waals surface area contributed by atoms with Crippen molar-refractivity contribution in [2.45, 2.75) is 30.3 Å². The summed E-state index contributed by atoms with van der Waals surface area (Å²) in [5.41, 5.74) is 5.51. The number of anilines is 3. The quantitative estimate of drug-likeness (QED) is 0.189. The van der Waals surface area contributed by atoms with Gasteiger partial charge in [-0.1, -0.05) is 42.5 Å². The van der Waals surface area contributed by atoms with E-state index in [0.717, 1.165) is 59.3 Å². The van der Waals surface area contributed by atoms with Gasteiger partial charge in [0.15, 0.2) is 5.11 Å². The molecule has 7 nitrogen and oxygen atoms in total. The average molecular weight is 610 g/mol. The third-order valence-corrected chi connectivity index (χ3v) is 9.18. The Kier molecular flexibility index (Phi) is 8.54. The number of piperidine rings is 1. The Morgan fingerprint density at radius 1 is 0.953 bits per heavy atom. The minimum Gasteiger partial charge on any atom is -0.369 e. The molecule has 220 valence electrons. The van der Waals surface area contributed by atoms with E-state index in [-0.39, 0.29) is 17.4 Å². The number of nitrogens with zero attached hydrogens (tertiary/aromatic N) is 3. The largest absolute Gasteiger partial charge is 0.369 e. The van der Waals surface area contributed by atoms with Crippen LogP contribution in [0.2, 0.25) is 0 Å². The van der Waals surface area contributed by atoms with Gasteiger partial charge in [-0.3, -0.25) is 9.59 Å². The molecule has 3 aromatic carbocycles. The first-order chi connectivity index (χ1) is 20.9. The van der Waals surface area contributed by atoms with Crippen LogP contribution in [0.5, 0.6) is 0 Å². The van der Waals surface area contributed by atoms with Gasteiger partial charge in [-0.25, -0.2) is 0 Å². The molecule has 2 bridgehead atoms. The number of hydrogen-bond acceptors (Lipinski definition) is 5. The number of hydrogen-bond donors (Lipinski definition) is 2. The predicted octanol–water partition coefficient (Wildman–Crippen LogP) is 6.28. The second-order valence-electron chi connectivity index (χ2n) is 11.3. The summed E-state index contributed by atoms with van der Waals surface area (Å²) in [6, 6.07) is 29.5. The molecule has 43 heavy (non-hydrogen) atoms. The molecule has 1 aromatic heterocycles. The summed E-state index contributed by atoms with van der Waals surface area (Å²) in [5, 5.41) is 7.19. The van der Waals surface area contributed by atoms with Crippen LogP contribution in [0.4, 0.5) is 17.1 Å². The molecule has 2 atom stereocenters. The highest BCUT2D eigenvalue weighted by molar-refractivity contribution is 7.98. The number of nitrogens with one attached hydrogen (secondary N) is 2. The lowest BCUT2D eigenvalue weighted by Gasteiger charge is -2.44. The Hall–Kier alpha value is -4.08. The van der Waals surface area contributed by atoms with Gasteiger partial charge in [0.1, 0.15) is 0 Å². The predicted molar refractivity (Wildman–Crippen MR) is 181 cm³/mol. The van der Waals surface area contributed by atoms with Crippen molar-refractivity contribution in [1.29, 1.82) is 0 Å². The van der Waals surface area contributed by atoms with Crippen molar-refractivity contribution in [3.8, 4) is 0 Å². The summed E-state index contributed by atoms with van der Waals surface area (Å²) in [6.45, 7) is 2.84. The summed E-state index contributed by atoms with van der Waals surface area (Å²) in [6.07, 6.45) is 3.11. The van der Waals surface area contributed by atoms with E-state index in [1.54, 1.807) is 22.7 Å². The van der Waals surface area contributed by atoms with Crippen molar-refractivity contribution >= 4 is 52.1 Å². The second-order valence-corrected chi connectivity index (χ2v) is 12.6. The zero-order valence-electron chi connectivity index (χ0n) is 24.3. The highest BCUT2D eigenvalue weighted by Gasteiger charge is 2.35. The molecule has 2 N–H and O–H groups in total. The topological polar surface area (TPSA) is 69.6 Å². The SMILES string of the molecule is CSc1cccc(NC(=S)Nc2cc(C(=O)N(C)Cc3ccccc3)ccc2N2C[C@H]3C[C@@H](C2)c2cccc(=O)n2C3)c1. The first kappa shape index (κ1) is 29.0. The molecule has 0 aliphatic carbocycles. The first-order valence-corrected chi connectivity index (χ1v) is 16.1. The Morgan fingerprint density at radius 2 is 1.77 bits per heavy atom. The fourth-order valence-electron chi connectivity index (χ4n) is 6.27. The van der Waals surface area contributed by atoms with Gasteiger partial charge in [-0.2, -0.15) is 0 Å². The van der Waals surface area contributed by atoms with E-state index < -0.39 is 0 Å². The van der Waals surface area contributed by atoms with Crippen molar-refractivity contribution in [2.24, 2.45) is 5.92 Å². The molecule has 3 heterocycles. The van der Waals surface area contributed by atoms with Gasteiger partial charge in [0.25, 0.3) is 11.5 Å². The number of pyridine rings is 1. The Bertz CT molecular complexity index is 1710. The maximum Gasteiger partial charge on any atom is 0.253 e. The Labute approximate surface area is 261 Å². The van der Waals surface area contributed by atoms with Crippen molar-refractivity contribution in [3.63, 3.8) is 0 Å². The van der Waals surface area contributed by atoms with Gasteiger partial charge in [0, 0.05) is 67.1 Å². The summed E-state index contributed by atoms with van der Waals surface area (Å²) in [5.74, 6) is 0.553. The molecule has 0 saturated carbocycles. The smallest absolute Gasteiger partial charge is 0.253 e. The van der Waals surface area contributed by atoms with Crippen LogP contribution in [0.1, 0.15) is 34.0 Å². The van der Waals surface area contributed by atoms with Crippen LogP contribution in [-0.4, -0.2) is 46.9 Å². The van der Waals surface area contributed by atoms with Crippen LogP contribution < -0.4 is 21.1 Å². The van der Waals surface area contributed by atoms with Gasteiger partial charge < -0.3 is 25.0 Å². The zero-order chi connectivity index (χ0) is 29.9. The molecule has 9 heteroatoms.